The minimum absolute atomic E-state index is 0.00181. The Morgan fingerprint density at radius 3 is 2.56 bits per heavy atom. The van der Waals surface area contributed by atoms with Gasteiger partial charge in [-0.1, -0.05) is 29.3 Å². The van der Waals surface area contributed by atoms with E-state index in [2.05, 4.69) is 4.72 Å². The van der Waals surface area contributed by atoms with Crippen molar-refractivity contribution < 1.29 is 13.5 Å². The zero-order chi connectivity index (χ0) is 13.4. The molecule has 7 heteroatoms. The van der Waals surface area contributed by atoms with Crippen LogP contribution in [0.5, 0.6) is 0 Å². The van der Waals surface area contributed by atoms with Gasteiger partial charge in [-0.05, 0) is 31.4 Å². The topological polar surface area (TPSA) is 66.4 Å². The number of sulfonamides is 1. The number of benzene rings is 1. The van der Waals surface area contributed by atoms with Crippen molar-refractivity contribution in [2.45, 2.75) is 29.8 Å². The summed E-state index contributed by atoms with van der Waals surface area (Å²) in [6, 6.07) is 4.41. The Morgan fingerprint density at radius 2 is 2.00 bits per heavy atom. The molecule has 0 amide bonds. The Kier molecular flexibility index (Phi) is 3.90. The molecule has 1 aromatic rings. The highest BCUT2D eigenvalue weighted by Gasteiger charge is 2.35. The molecular formula is C11H13Cl2NO3S. The van der Waals surface area contributed by atoms with Crippen LogP contribution in [0.3, 0.4) is 0 Å². The Bertz CT molecular complexity index is 555. The standard InChI is InChI=1S/C11H13Cl2NO3S/c12-8-3-1-4-9(10(8)13)18(16,17)14-7-11(15)5-2-6-11/h1,3-4,14-15H,2,5-7H2. The van der Waals surface area contributed by atoms with Crippen LogP contribution in [-0.2, 0) is 10.0 Å². The molecule has 2 N–H and O–H groups in total. The zero-order valence-corrected chi connectivity index (χ0v) is 11.8. The maximum Gasteiger partial charge on any atom is 0.242 e. The Morgan fingerprint density at radius 1 is 1.33 bits per heavy atom. The van der Waals surface area contributed by atoms with Crippen LogP contribution in [0.1, 0.15) is 19.3 Å². The normalized spacial score (nSPS) is 18.4. The smallest absolute Gasteiger partial charge is 0.242 e. The molecular weight excluding hydrogens is 297 g/mol. The summed E-state index contributed by atoms with van der Waals surface area (Å²) in [5, 5.41) is 10.0. The van der Waals surface area contributed by atoms with Gasteiger partial charge in [-0.25, -0.2) is 13.1 Å². The van der Waals surface area contributed by atoms with E-state index in [1.807, 2.05) is 0 Å². The quantitative estimate of drug-likeness (QED) is 0.896. The van der Waals surface area contributed by atoms with Gasteiger partial charge in [0.2, 0.25) is 10.0 Å². The highest BCUT2D eigenvalue weighted by atomic mass is 35.5. The van der Waals surface area contributed by atoms with E-state index >= 15 is 0 Å². The van der Waals surface area contributed by atoms with Gasteiger partial charge in [0, 0.05) is 6.54 Å². The molecule has 0 bridgehead atoms. The number of nitrogens with one attached hydrogen (secondary N) is 1. The van der Waals surface area contributed by atoms with Gasteiger partial charge in [-0.15, -0.1) is 0 Å². The second-order valence-corrected chi connectivity index (χ2v) is 6.97. The Labute approximate surface area is 116 Å². The number of hydrogen-bond donors (Lipinski definition) is 2. The highest BCUT2D eigenvalue weighted by Crippen LogP contribution is 2.32. The number of hydrogen-bond acceptors (Lipinski definition) is 3. The van der Waals surface area contributed by atoms with Crippen molar-refractivity contribution in [2.24, 2.45) is 0 Å². The summed E-state index contributed by atoms with van der Waals surface area (Å²) in [5.41, 5.74) is -0.919. The third-order valence-corrected chi connectivity index (χ3v) is 5.46. The van der Waals surface area contributed by atoms with Crippen molar-refractivity contribution >= 4 is 33.2 Å². The van der Waals surface area contributed by atoms with Crippen molar-refractivity contribution in [3.8, 4) is 0 Å². The molecule has 1 aliphatic rings. The van der Waals surface area contributed by atoms with Gasteiger partial charge in [-0.2, -0.15) is 0 Å². The first-order valence-electron chi connectivity index (χ1n) is 5.50. The molecule has 1 aliphatic carbocycles. The molecule has 0 radical (unpaired) electrons. The molecule has 0 saturated heterocycles. The Balaban J connectivity index is 2.18. The summed E-state index contributed by atoms with van der Waals surface area (Å²) in [4.78, 5) is -0.0698. The third-order valence-electron chi connectivity index (χ3n) is 3.08. The largest absolute Gasteiger partial charge is 0.389 e. The molecule has 18 heavy (non-hydrogen) atoms. The first kappa shape index (κ1) is 14.1. The van der Waals surface area contributed by atoms with E-state index in [9.17, 15) is 13.5 Å². The van der Waals surface area contributed by atoms with Crippen LogP contribution in [0, 0.1) is 0 Å². The van der Waals surface area contributed by atoms with Crippen LogP contribution in [0.25, 0.3) is 0 Å². The fourth-order valence-electron chi connectivity index (χ4n) is 1.76. The first-order valence-corrected chi connectivity index (χ1v) is 7.74. The maximum absolute atomic E-state index is 12.0. The summed E-state index contributed by atoms with van der Waals surface area (Å²) in [7, 11) is -3.75. The van der Waals surface area contributed by atoms with Crippen LogP contribution < -0.4 is 4.72 Å². The molecule has 100 valence electrons. The summed E-state index contributed by atoms with van der Waals surface area (Å²) in [6.45, 7) is -0.00181. The van der Waals surface area contributed by atoms with E-state index in [0.717, 1.165) is 6.42 Å². The summed E-state index contributed by atoms with van der Waals surface area (Å²) >= 11 is 11.6. The number of halogens is 2. The van der Waals surface area contributed by atoms with Crippen LogP contribution in [0.15, 0.2) is 23.1 Å². The summed E-state index contributed by atoms with van der Waals surface area (Å²) in [5.74, 6) is 0. The third kappa shape index (κ3) is 2.81. The second-order valence-electron chi connectivity index (χ2n) is 4.45. The molecule has 0 aliphatic heterocycles. The van der Waals surface area contributed by atoms with Crippen molar-refractivity contribution in [2.75, 3.05) is 6.54 Å². The van der Waals surface area contributed by atoms with Gasteiger partial charge < -0.3 is 5.11 Å². The lowest BCUT2D eigenvalue weighted by Crippen LogP contribution is -2.47. The van der Waals surface area contributed by atoms with Gasteiger partial charge in [0.05, 0.1) is 15.6 Å². The molecule has 1 fully saturated rings. The average molecular weight is 310 g/mol. The molecule has 0 aromatic heterocycles. The fraction of sp³-hybridized carbons (Fsp3) is 0.455. The molecule has 1 aromatic carbocycles. The molecule has 0 spiro atoms. The van der Waals surface area contributed by atoms with Crippen LogP contribution in [-0.4, -0.2) is 25.7 Å². The molecule has 0 heterocycles. The SMILES string of the molecule is O=S(=O)(NCC1(O)CCC1)c1cccc(Cl)c1Cl. The van der Waals surface area contributed by atoms with Crippen molar-refractivity contribution in [1.82, 2.24) is 4.72 Å². The van der Waals surface area contributed by atoms with Crippen LogP contribution >= 0.6 is 23.2 Å². The van der Waals surface area contributed by atoms with E-state index in [4.69, 9.17) is 23.2 Å². The minimum Gasteiger partial charge on any atom is -0.389 e. The van der Waals surface area contributed by atoms with Gasteiger partial charge >= 0.3 is 0 Å². The predicted octanol–water partition coefficient (Wildman–Crippen LogP) is 2.19. The molecule has 0 unspecified atom stereocenters. The summed E-state index contributed by atoms with van der Waals surface area (Å²) < 4.78 is 26.4. The molecule has 1 saturated carbocycles. The van der Waals surface area contributed by atoms with E-state index in [0.29, 0.717) is 12.8 Å². The van der Waals surface area contributed by atoms with Gasteiger partial charge in [0.1, 0.15) is 4.90 Å². The number of aliphatic hydroxyl groups is 1. The second kappa shape index (κ2) is 4.98. The lowest BCUT2D eigenvalue weighted by molar-refractivity contribution is -0.0270. The van der Waals surface area contributed by atoms with Crippen molar-refractivity contribution in [3.05, 3.63) is 28.2 Å². The van der Waals surface area contributed by atoms with E-state index in [-0.39, 0.29) is 21.5 Å². The number of rotatable bonds is 4. The average Bonchev–Trinajstić information content (AvgIpc) is 2.27. The highest BCUT2D eigenvalue weighted by molar-refractivity contribution is 7.89. The van der Waals surface area contributed by atoms with E-state index < -0.39 is 15.6 Å². The van der Waals surface area contributed by atoms with E-state index in [1.165, 1.54) is 18.2 Å². The Hall–Kier alpha value is -0.330. The monoisotopic (exact) mass is 309 g/mol. The fourth-order valence-corrected chi connectivity index (χ4v) is 3.64. The van der Waals surface area contributed by atoms with Gasteiger partial charge in [0.25, 0.3) is 0 Å². The van der Waals surface area contributed by atoms with Gasteiger partial charge in [0.15, 0.2) is 0 Å². The predicted molar refractivity (Wildman–Crippen MR) is 70.5 cm³/mol. The van der Waals surface area contributed by atoms with Crippen molar-refractivity contribution in [3.63, 3.8) is 0 Å². The minimum atomic E-state index is -3.75. The maximum atomic E-state index is 12.0. The van der Waals surface area contributed by atoms with E-state index in [1.54, 1.807) is 0 Å². The van der Waals surface area contributed by atoms with Gasteiger partial charge in [-0.3, -0.25) is 0 Å². The first-order chi connectivity index (χ1) is 8.34. The molecule has 0 atom stereocenters. The molecule has 4 nitrogen and oxygen atoms in total. The molecule has 2 rings (SSSR count). The van der Waals surface area contributed by atoms with Crippen LogP contribution in [0.2, 0.25) is 10.0 Å². The van der Waals surface area contributed by atoms with Crippen molar-refractivity contribution in [1.29, 1.82) is 0 Å². The van der Waals surface area contributed by atoms with Crippen LogP contribution in [0.4, 0.5) is 0 Å². The lowest BCUT2D eigenvalue weighted by Gasteiger charge is -2.36. The zero-order valence-electron chi connectivity index (χ0n) is 9.49. The lowest BCUT2D eigenvalue weighted by atomic mass is 9.81. The summed E-state index contributed by atoms with van der Waals surface area (Å²) in [6.07, 6.45) is 2.13.